The summed E-state index contributed by atoms with van der Waals surface area (Å²) in [5, 5.41) is 3.22. The van der Waals surface area contributed by atoms with Crippen LogP contribution >= 0.6 is 22.6 Å². The minimum Gasteiger partial charge on any atom is -0.493 e. The molecule has 2 aromatic rings. The zero-order valence-electron chi connectivity index (χ0n) is 11.6. The van der Waals surface area contributed by atoms with Crippen molar-refractivity contribution in [3.8, 4) is 28.6 Å². The van der Waals surface area contributed by atoms with Crippen LogP contribution in [0.3, 0.4) is 0 Å². The second-order valence-electron chi connectivity index (χ2n) is 4.33. The maximum Gasteiger partial charge on any atom is 0.231 e. The number of benzene rings is 1. The van der Waals surface area contributed by atoms with E-state index >= 15 is 0 Å². The van der Waals surface area contributed by atoms with Gasteiger partial charge in [0.2, 0.25) is 12.5 Å². The lowest BCUT2D eigenvalue weighted by Gasteiger charge is -2.10. The van der Waals surface area contributed by atoms with Crippen molar-refractivity contribution in [2.45, 2.75) is 6.92 Å². The Morgan fingerprint density at radius 2 is 2.24 bits per heavy atom. The average Bonchev–Trinajstić information content (AvgIpc) is 2.97. The molecule has 2 heterocycles. The van der Waals surface area contributed by atoms with Crippen LogP contribution < -0.4 is 19.5 Å². The maximum absolute atomic E-state index is 5.43. The standard InChI is InChI=1S/C14H14IN3O3/c1-3-16-14-9(15)6-17-13(18-14)8-4-10(19-2)12-11(5-8)20-7-21-12/h4-6H,3,7H2,1-2H3,(H,16,17,18). The first kappa shape index (κ1) is 14.2. The number of hydrogen-bond acceptors (Lipinski definition) is 6. The first-order chi connectivity index (χ1) is 10.2. The molecule has 7 heteroatoms. The summed E-state index contributed by atoms with van der Waals surface area (Å²) < 4.78 is 17.1. The Hall–Kier alpha value is -1.77. The van der Waals surface area contributed by atoms with Gasteiger partial charge in [-0.15, -0.1) is 0 Å². The molecule has 0 unspecified atom stereocenters. The van der Waals surface area contributed by atoms with Gasteiger partial charge in [-0.2, -0.15) is 0 Å². The van der Waals surface area contributed by atoms with Crippen LogP contribution in [0.15, 0.2) is 18.3 Å². The smallest absolute Gasteiger partial charge is 0.231 e. The summed E-state index contributed by atoms with van der Waals surface area (Å²) in [5.41, 5.74) is 0.826. The lowest BCUT2D eigenvalue weighted by atomic mass is 10.1. The number of methoxy groups -OCH3 is 1. The van der Waals surface area contributed by atoms with Gasteiger partial charge in [-0.1, -0.05) is 0 Å². The molecule has 0 spiro atoms. The SMILES string of the molecule is CCNc1nc(-c2cc(OC)c3c(c2)OCO3)ncc1I. The van der Waals surface area contributed by atoms with Gasteiger partial charge in [0.25, 0.3) is 0 Å². The zero-order valence-corrected chi connectivity index (χ0v) is 13.8. The lowest BCUT2D eigenvalue weighted by Crippen LogP contribution is -2.03. The molecule has 0 amide bonds. The highest BCUT2D eigenvalue weighted by Crippen LogP contribution is 2.43. The Labute approximate surface area is 136 Å². The topological polar surface area (TPSA) is 65.5 Å². The van der Waals surface area contributed by atoms with Gasteiger partial charge in [0, 0.05) is 18.3 Å². The van der Waals surface area contributed by atoms with Gasteiger partial charge in [-0.05, 0) is 41.6 Å². The van der Waals surface area contributed by atoms with Crippen LogP contribution in [0.2, 0.25) is 0 Å². The van der Waals surface area contributed by atoms with Gasteiger partial charge in [0.15, 0.2) is 17.3 Å². The molecule has 0 saturated heterocycles. The Balaban J connectivity index is 2.06. The monoisotopic (exact) mass is 399 g/mol. The number of fused-ring (bicyclic) bond motifs is 1. The fourth-order valence-corrected chi connectivity index (χ4v) is 2.51. The van der Waals surface area contributed by atoms with Gasteiger partial charge in [0.05, 0.1) is 10.7 Å². The van der Waals surface area contributed by atoms with E-state index in [1.165, 1.54) is 0 Å². The molecule has 21 heavy (non-hydrogen) atoms. The third-order valence-electron chi connectivity index (χ3n) is 3.00. The van der Waals surface area contributed by atoms with Crippen LogP contribution in [0.4, 0.5) is 5.82 Å². The molecule has 1 N–H and O–H groups in total. The third kappa shape index (κ3) is 2.69. The summed E-state index contributed by atoms with van der Waals surface area (Å²) in [6.07, 6.45) is 1.79. The Bertz CT molecular complexity index is 679. The fraction of sp³-hybridized carbons (Fsp3) is 0.286. The largest absolute Gasteiger partial charge is 0.493 e. The first-order valence-corrected chi connectivity index (χ1v) is 7.55. The molecule has 0 fully saturated rings. The van der Waals surface area contributed by atoms with Crippen molar-refractivity contribution in [2.24, 2.45) is 0 Å². The molecule has 1 aromatic carbocycles. The number of ether oxygens (including phenoxy) is 3. The maximum atomic E-state index is 5.43. The van der Waals surface area contributed by atoms with E-state index in [-0.39, 0.29) is 6.79 Å². The van der Waals surface area contributed by atoms with Crippen molar-refractivity contribution in [3.63, 3.8) is 0 Å². The van der Waals surface area contributed by atoms with Crippen LogP contribution in [-0.2, 0) is 0 Å². The van der Waals surface area contributed by atoms with Crippen molar-refractivity contribution in [1.82, 2.24) is 9.97 Å². The number of halogens is 1. The molecule has 0 saturated carbocycles. The normalized spacial score (nSPS) is 12.3. The van der Waals surface area contributed by atoms with E-state index in [2.05, 4.69) is 37.9 Å². The zero-order chi connectivity index (χ0) is 14.8. The van der Waals surface area contributed by atoms with Crippen molar-refractivity contribution in [2.75, 3.05) is 25.8 Å². The summed E-state index contributed by atoms with van der Waals surface area (Å²) in [7, 11) is 1.60. The first-order valence-electron chi connectivity index (χ1n) is 6.47. The van der Waals surface area contributed by atoms with Crippen molar-refractivity contribution >= 4 is 28.4 Å². The Morgan fingerprint density at radius 3 is 3.00 bits per heavy atom. The Morgan fingerprint density at radius 1 is 1.38 bits per heavy atom. The van der Waals surface area contributed by atoms with Gasteiger partial charge >= 0.3 is 0 Å². The van der Waals surface area contributed by atoms with E-state index in [1.54, 1.807) is 13.3 Å². The summed E-state index contributed by atoms with van der Waals surface area (Å²) >= 11 is 2.21. The van der Waals surface area contributed by atoms with E-state index in [4.69, 9.17) is 14.2 Å². The number of anilines is 1. The molecule has 110 valence electrons. The van der Waals surface area contributed by atoms with Crippen molar-refractivity contribution in [1.29, 1.82) is 0 Å². The van der Waals surface area contributed by atoms with Crippen molar-refractivity contribution in [3.05, 3.63) is 21.9 Å². The molecular formula is C14H14IN3O3. The molecule has 0 bridgehead atoms. The van der Waals surface area contributed by atoms with Crippen LogP contribution in [-0.4, -0.2) is 30.4 Å². The molecule has 0 radical (unpaired) electrons. The highest BCUT2D eigenvalue weighted by molar-refractivity contribution is 14.1. The highest BCUT2D eigenvalue weighted by atomic mass is 127. The van der Waals surface area contributed by atoms with E-state index < -0.39 is 0 Å². The van der Waals surface area contributed by atoms with E-state index in [0.717, 1.165) is 21.5 Å². The van der Waals surface area contributed by atoms with Crippen LogP contribution in [0.1, 0.15) is 6.92 Å². The van der Waals surface area contributed by atoms with Crippen LogP contribution in [0, 0.1) is 3.57 Å². The third-order valence-corrected chi connectivity index (χ3v) is 3.79. The van der Waals surface area contributed by atoms with Gasteiger partial charge in [-0.25, -0.2) is 9.97 Å². The number of rotatable bonds is 4. The second kappa shape index (κ2) is 5.92. The Kier molecular flexibility index (Phi) is 4.00. The minimum absolute atomic E-state index is 0.200. The molecule has 0 atom stereocenters. The summed E-state index contributed by atoms with van der Waals surface area (Å²) in [4.78, 5) is 8.93. The van der Waals surface area contributed by atoms with Crippen molar-refractivity contribution < 1.29 is 14.2 Å². The highest BCUT2D eigenvalue weighted by Gasteiger charge is 2.21. The molecule has 1 aromatic heterocycles. The molecule has 1 aliphatic heterocycles. The molecule has 1 aliphatic rings. The summed E-state index contributed by atoms with van der Waals surface area (Å²) in [6, 6.07) is 3.72. The molecular weight excluding hydrogens is 385 g/mol. The van der Waals surface area contributed by atoms with Gasteiger partial charge < -0.3 is 19.5 Å². The van der Waals surface area contributed by atoms with E-state index in [0.29, 0.717) is 23.1 Å². The predicted molar refractivity (Wildman–Crippen MR) is 87.0 cm³/mol. The summed E-state index contributed by atoms with van der Waals surface area (Å²) in [6.45, 7) is 3.03. The predicted octanol–water partition coefficient (Wildman–Crippen LogP) is 2.92. The number of nitrogens with one attached hydrogen (secondary N) is 1. The molecule has 6 nitrogen and oxygen atoms in total. The fourth-order valence-electron chi connectivity index (χ4n) is 2.06. The number of nitrogens with zero attached hydrogens (tertiary/aromatic N) is 2. The summed E-state index contributed by atoms with van der Waals surface area (Å²) in [5.74, 6) is 3.32. The molecule has 3 rings (SSSR count). The quantitative estimate of drug-likeness (QED) is 0.798. The molecule has 0 aliphatic carbocycles. The minimum atomic E-state index is 0.200. The van der Waals surface area contributed by atoms with Gasteiger partial charge in [-0.3, -0.25) is 0 Å². The van der Waals surface area contributed by atoms with Crippen LogP contribution in [0.5, 0.6) is 17.2 Å². The lowest BCUT2D eigenvalue weighted by molar-refractivity contribution is 0.171. The number of hydrogen-bond donors (Lipinski definition) is 1. The van der Waals surface area contributed by atoms with E-state index in [1.807, 2.05) is 19.1 Å². The van der Waals surface area contributed by atoms with Crippen LogP contribution in [0.25, 0.3) is 11.4 Å². The number of aromatic nitrogens is 2. The van der Waals surface area contributed by atoms with E-state index in [9.17, 15) is 0 Å². The van der Waals surface area contributed by atoms with Gasteiger partial charge in [0.1, 0.15) is 5.82 Å². The average molecular weight is 399 g/mol. The second-order valence-corrected chi connectivity index (χ2v) is 5.49.